The Labute approximate surface area is 175 Å². The first-order valence-corrected chi connectivity index (χ1v) is 10.1. The van der Waals surface area contributed by atoms with E-state index in [1.165, 1.54) is 43.1 Å². The maximum absolute atomic E-state index is 12.3. The highest BCUT2D eigenvalue weighted by Gasteiger charge is 2.56. The molecule has 0 fully saturated rings. The summed E-state index contributed by atoms with van der Waals surface area (Å²) in [5.41, 5.74) is 1.10. The lowest BCUT2D eigenvalue weighted by atomic mass is 10.3. The summed E-state index contributed by atoms with van der Waals surface area (Å²) in [6, 6.07) is 5.79. The molecule has 0 amide bonds. The number of carbonyl (C=O) groups is 2. The lowest BCUT2D eigenvalue weighted by Crippen LogP contribution is -2.47. The predicted octanol–water partition coefficient (Wildman–Crippen LogP) is 2.72. The van der Waals surface area contributed by atoms with E-state index in [0.717, 1.165) is 11.8 Å². The van der Waals surface area contributed by atoms with E-state index in [9.17, 15) is 19.7 Å². The lowest BCUT2D eigenvalue weighted by Gasteiger charge is -2.39. The molecule has 0 N–H and O–H groups in total. The van der Waals surface area contributed by atoms with Gasteiger partial charge < -0.3 is 14.4 Å². The molecule has 1 atom stereocenters. The number of hydrogen-bond acceptors (Lipinski definition) is 11. The minimum atomic E-state index is -1.02. The van der Waals surface area contributed by atoms with Crippen molar-refractivity contribution in [2.45, 2.75) is 18.2 Å². The SMILES string of the molecule is CCOC(=O)C1=NN(c2ccc([N+](=O)[O-])cc2)[C@]2(S1)SC(C(=O)OC)=C(C)N2C. The van der Waals surface area contributed by atoms with Crippen LogP contribution >= 0.6 is 23.5 Å². The van der Waals surface area contributed by atoms with Gasteiger partial charge in [-0.2, -0.15) is 5.10 Å². The second kappa shape index (κ2) is 7.95. The molecule has 0 saturated heterocycles. The molecular weight excluding hydrogens is 420 g/mol. The largest absolute Gasteiger partial charge is 0.465 e. The molecule has 0 radical (unpaired) electrons. The van der Waals surface area contributed by atoms with Crippen LogP contribution in [0.25, 0.3) is 0 Å². The van der Waals surface area contributed by atoms with Crippen LogP contribution in [0, 0.1) is 10.1 Å². The van der Waals surface area contributed by atoms with Crippen LogP contribution in [0.1, 0.15) is 13.8 Å². The van der Waals surface area contributed by atoms with Crippen molar-refractivity contribution in [3.63, 3.8) is 0 Å². The summed E-state index contributed by atoms with van der Waals surface area (Å²) in [5.74, 6) is -1.08. The van der Waals surface area contributed by atoms with E-state index < -0.39 is 21.2 Å². The van der Waals surface area contributed by atoms with Gasteiger partial charge in [0.1, 0.15) is 4.91 Å². The summed E-state index contributed by atoms with van der Waals surface area (Å²) in [6.07, 6.45) is 0. The van der Waals surface area contributed by atoms with Gasteiger partial charge >= 0.3 is 11.9 Å². The highest BCUT2D eigenvalue weighted by Crippen LogP contribution is 2.58. The molecule has 12 heteroatoms. The van der Waals surface area contributed by atoms with E-state index in [2.05, 4.69) is 5.10 Å². The molecule has 29 heavy (non-hydrogen) atoms. The highest BCUT2D eigenvalue weighted by atomic mass is 32.2. The van der Waals surface area contributed by atoms with E-state index in [4.69, 9.17) is 9.47 Å². The number of non-ortho nitro benzene ring substituents is 1. The van der Waals surface area contributed by atoms with Crippen molar-refractivity contribution in [2.75, 3.05) is 25.8 Å². The number of ether oxygens (including phenoxy) is 2. The maximum atomic E-state index is 12.3. The van der Waals surface area contributed by atoms with Gasteiger partial charge in [-0.3, -0.25) is 10.1 Å². The minimum absolute atomic E-state index is 0.0683. The van der Waals surface area contributed by atoms with Crippen LogP contribution in [-0.2, 0) is 19.1 Å². The molecular formula is C17H18N4O6S2. The number of methoxy groups -OCH3 is 1. The summed E-state index contributed by atoms with van der Waals surface area (Å²) >= 11 is 2.32. The van der Waals surface area contributed by atoms with Crippen molar-refractivity contribution in [1.29, 1.82) is 0 Å². The number of nitro benzene ring substituents is 1. The second-order valence-electron chi connectivity index (χ2n) is 5.93. The first-order chi connectivity index (χ1) is 13.7. The van der Waals surface area contributed by atoms with Gasteiger partial charge in [-0.05, 0) is 37.7 Å². The third kappa shape index (κ3) is 3.53. The number of esters is 2. The fraction of sp³-hybridized carbons (Fsp3) is 0.353. The average Bonchev–Trinajstić information content (AvgIpc) is 3.22. The Balaban J connectivity index is 2.05. The Kier molecular flexibility index (Phi) is 5.75. The number of hydrazone groups is 1. The zero-order chi connectivity index (χ0) is 21.3. The van der Waals surface area contributed by atoms with E-state index in [0.29, 0.717) is 16.3 Å². The van der Waals surface area contributed by atoms with E-state index in [-0.39, 0.29) is 17.3 Å². The molecule has 3 rings (SSSR count). The monoisotopic (exact) mass is 438 g/mol. The Hall–Kier alpha value is -2.73. The van der Waals surface area contributed by atoms with Gasteiger partial charge in [0, 0.05) is 24.9 Å². The summed E-state index contributed by atoms with van der Waals surface area (Å²) in [6.45, 7) is 3.65. The Morgan fingerprint density at radius 1 is 1.24 bits per heavy atom. The van der Waals surface area contributed by atoms with Gasteiger partial charge in [-0.15, -0.1) is 0 Å². The molecule has 2 heterocycles. The average molecular weight is 438 g/mol. The number of nitro groups is 1. The quantitative estimate of drug-likeness (QED) is 0.386. The molecule has 154 valence electrons. The molecule has 1 spiro atoms. The summed E-state index contributed by atoms with van der Waals surface area (Å²) in [4.78, 5) is 37.2. The minimum Gasteiger partial charge on any atom is -0.465 e. The molecule has 0 aliphatic carbocycles. The molecule has 10 nitrogen and oxygen atoms in total. The number of nitrogens with zero attached hydrogens (tertiary/aromatic N) is 4. The Bertz CT molecular complexity index is 932. The fourth-order valence-electron chi connectivity index (χ4n) is 2.75. The Morgan fingerprint density at radius 2 is 1.90 bits per heavy atom. The van der Waals surface area contributed by atoms with Crippen LogP contribution < -0.4 is 5.01 Å². The van der Waals surface area contributed by atoms with Crippen LogP contribution in [0.5, 0.6) is 0 Å². The molecule has 0 saturated carbocycles. The van der Waals surface area contributed by atoms with Crippen molar-refractivity contribution in [2.24, 2.45) is 5.10 Å². The highest BCUT2D eigenvalue weighted by molar-refractivity contribution is 8.28. The Morgan fingerprint density at radius 3 is 2.45 bits per heavy atom. The van der Waals surface area contributed by atoms with Crippen molar-refractivity contribution in [3.8, 4) is 0 Å². The summed E-state index contributed by atoms with van der Waals surface area (Å²) in [5, 5.41) is 17.1. The number of thioether (sulfide) groups is 2. The molecule has 1 aromatic rings. The van der Waals surface area contributed by atoms with Gasteiger partial charge in [-0.25, -0.2) is 14.6 Å². The standard InChI is InChI=1S/C17H18N4O6S2/c1-5-27-16(23)14-18-20(11-6-8-12(9-7-11)21(24)25)17(29-14)19(3)10(2)13(28-17)15(22)26-4/h6-9H,5H2,1-4H3/t17-/m0/s1. The number of rotatable bonds is 5. The fourth-order valence-corrected chi connectivity index (χ4v) is 5.65. The van der Waals surface area contributed by atoms with E-state index in [1.807, 2.05) is 4.90 Å². The third-order valence-corrected chi connectivity index (χ3v) is 7.34. The van der Waals surface area contributed by atoms with E-state index >= 15 is 0 Å². The van der Waals surface area contributed by atoms with Crippen LogP contribution in [0.2, 0.25) is 0 Å². The van der Waals surface area contributed by atoms with Crippen molar-refractivity contribution in [3.05, 3.63) is 45.0 Å². The van der Waals surface area contributed by atoms with Crippen molar-refractivity contribution < 1.29 is 24.0 Å². The van der Waals surface area contributed by atoms with Gasteiger partial charge in [0.2, 0.25) is 9.37 Å². The maximum Gasteiger partial charge on any atom is 0.365 e. The number of anilines is 1. The van der Waals surface area contributed by atoms with Gasteiger partial charge in [0.05, 0.1) is 24.3 Å². The van der Waals surface area contributed by atoms with Crippen LogP contribution in [0.3, 0.4) is 0 Å². The van der Waals surface area contributed by atoms with E-state index in [1.54, 1.807) is 25.9 Å². The summed E-state index contributed by atoms with van der Waals surface area (Å²) < 4.78 is 8.93. The first kappa shape index (κ1) is 21.0. The number of carbonyl (C=O) groups excluding carboxylic acids is 2. The van der Waals surface area contributed by atoms with Crippen LogP contribution in [0.4, 0.5) is 11.4 Å². The van der Waals surface area contributed by atoms with Gasteiger partial charge in [-0.1, -0.05) is 11.8 Å². The molecule has 0 aromatic heterocycles. The number of hydrogen-bond donors (Lipinski definition) is 0. The number of allylic oxidation sites excluding steroid dienone is 1. The zero-order valence-electron chi connectivity index (χ0n) is 16.1. The van der Waals surface area contributed by atoms with Gasteiger partial charge in [0.25, 0.3) is 5.69 Å². The first-order valence-electron chi connectivity index (χ1n) is 8.46. The van der Waals surface area contributed by atoms with Gasteiger partial charge in [0.15, 0.2) is 0 Å². The normalized spacial score (nSPS) is 20.9. The predicted molar refractivity (Wildman–Crippen MR) is 110 cm³/mol. The van der Waals surface area contributed by atoms with Crippen molar-refractivity contribution >= 4 is 51.9 Å². The van der Waals surface area contributed by atoms with Crippen LogP contribution in [-0.4, -0.2) is 51.9 Å². The topological polar surface area (TPSA) is 115 Å². The number of benzene rings is 1. The molecule has 0 bridgehead atoms. The smallest absolute Gasteiger partial charge is 0.365 e. The molecule has 2 aliphatic heterocycles. The molecule has 1 aromatic carbocycles. The third-order valence-electron chi connectivity index (χ3n) is 4.30. The lowest BCUT2D eigenvalue weighted by molar-refractivity contribution is -0.384. The van der Waals surface area contributed by atoms with Crippen LogP contribution in [0.15, 0.2) is 40.0 Å². The second-order valence-corrected chi connectivity index (χ2v) is 8.53. The summed E-state index contributed by atoms with van der Waals surface area (Å²) in [7, 11) is 3.07. The van der Waals surface area contributed by atoms with Crippen molar-refractivity contribution in [1.82, 2.24) is 4.90 Å². The zero-order valence-corrected chi connectivity index (χ0v) is 17.7. The molecule has 2 aliphatic rings. The molecule has 0 unspecified atom stereocenters.